The molecule has 0 amide bonds. The third-order valence-electron chi connectivity index (χ3n) is 2.18. The molecule has 1 aromatic heterocycles. The predicted octanol–water partition coefficient (Wildman–Crippen LogP) is 4.11. The van der Waals surface area contributed by atoms with Crippen LogP contribution in [0.25, 0.3) is 23.1 Å². The zero-order chi connectivity index (χ0) is 9.97. The third kappa shape index (κ3) is 1.27. The van der Waals surface area contributed by atoms with E-state index in [1.165, 1.54) is 0 Å². The average molecular weight is 184 g/mol. The van der Waals surface area contributed by atoms with Crippen molar-refractivity contribution in [2.75, 3.05) is 0 Å². The van der Waals surface area contributed by atoms with Crippen molar-refractivity contribution in [1.29, 1.82) is 0 Å². The van der Waals surface area contributed by atoms with E-state index < -0.39 is 0 Å². The Kier molecular flexibility index (Phi) is 2.23. The van der Waals surface area contributed by atoms with E-state index in [1.54, 1.807) is 6.08 Å². The van der Waals surface area contributed by atoms with Crippen LogP contribution in [-0.4, -0.2) is 0 Å². The molecule has 0 aliphatic carbocycles. The van der Waals surface area contributed by atoms with Crippen LogP contribution in [0, 0.1) is 0 Å². The molecule has 70 valence electrons. The van der Waals surface area contributed by atoms with Gasteiger partial charge in [0.15, 0.2) is 0 Å². The first-order valence-electron chi connectivity index (χ1n) is 4.63. The SMILES string of the molecule is C=Cc1oc2ccccc2c1/C=C\C. The van der Waals surface area contributed by atoms with Crippen molar-refractivity contribution < 1.29 is 4.42 Å². The van der Waals surface area contributed by atoms with E-state index in [0.717, 1.165) is 22.3 Å². The van der Waals surface area contributed by atoms with Crippen molar-refractivity contribution in [3.8, 4) is 0 Å². The molecule has 0 unspecified atom stereocenters. The second kappa shape index (κ2) is 3.54. The van der Waals surface area contributed by atoms with Gasteiger partial charge in [-0.3, -0.25) is 0 Å². The standard InChI is InChI=1S/C13H12O/c1-3-7-10-11-8-5-6-9-13(11)14-12(10)4-2/h3-9H,2H2,1H3/b7-3-. The molecule has 0 saturated heterocycles. The van der Waals surface area contributed by atoms with Crippen LogP contribution in [0.5, 0.6) is 0 Å². The Bertz CT molecular complexity index is 489. The summed E-state index contributed by atoms with van der Waals surface area (Å²) in [4.78, 5) is 0. The van der Waals surface area contributed by atoms with Crippen LogP contribution < -0.4 is 0 Å². The number of para-hydroxylation sites is 1. The normalized spacial score (nSPS) is 11.2. The highest BCUT2D eigenvalue weighted by Gasteiger charge is 2.07. The molecule has 0 aliphatic heterocycles. The summed E-state index contributed by atoms with van der Waals surface area (Å²) >= 11 is 0. The van der Waals surface area contributed by atoms with Crippen molar-refractivity contribution in [2.45, 2.75) is 6.92 Å². The number of rotatable bonds is 2. The molecule has 0 radical (unpaired) electrons. The van der Waals surface area contributed by atoms with Crippen molar-refractivity contribution in [2.24, 2.45) is 0 Å². The van der Waals surface area contributed by atoms with Crippen molar-refractivity contribution >= 4 is 23.1 Å². The number of allylic oxidation sites excluding steroid dienone is 1. The molecule has 1 heterocycles. The maximum atomic E-state index is 5.63. The van der Waals surface area contributed by atoms with Gasteiger partial charge in [0.2, 0.25) is 0 Å². The van der Waals surface area contributed by atoms with Crippen molar-refractivity contribution in [3.63, 3.8) is 0 Å². The first-order chi connectivity index (χ1) is 6.86. The van der Waals surface area contributed by atoms with Gasteiger partial charge in [0.25, 0.3) is 0 Å². The Morgan fingerprint density at radius 3 is 2.79 bits per heavy atom. The van der Waals surface area contributed by atoms with E-state index in [2.05, 4.69) is 12.6 Å². The summed E-state index contributed by atoms with van der Waals surface area (Å²) in [6, 6.07) is 8.01. The zero-order valence-corrected chi connectivity index (χ0v) is 8.16. The molecular weight excluding hydrogens is 172 g/mol. The third-order valence-corrected chi connectivity index (χ3v) is 2.18. The lowest BCUT2D eigenvalue weighted by molar-refractivity contribution is 0.603. The molecule has 0 spiro atoms. The summed E-state index contributed by atoms with van der Waals surface area (Å²) in [5, 5.41) is 1.14. The van der Waals surface area contributed by atoms with Crippen LogP contribution in [-0.2, 0) is 0 Å². The minimum Gasteiger partial charge on any atom is -0.456 e. The summed E-state index contributed by atoms with van der Waals surface area (Å²) in [7, 11) is 0. The van der Waals surface area contributed by atoms with Gasteiger partial charge in [0, 0.05) is 10.9 Å². The largest absolute Gasteiger partial charge is 0.456 e. The Hall–Kier alpha value is -1.76. The Labute approximate surface area is 83.4 Å². The molecular formula is C13H12O. The van der Waals surface area contributed by atoms with E-state index in [-0.39, 0.29) is 0 Å². The van der Waals surface area contributed by atoms with Crippen LogP contribution >= 0.6 is 0 Å². The summed E-state index contributed by atoms with van der Waals surface area (Å²) in [6.45, 7) is 5.74. The number of hydrogen-bond donors (Lipinski definition) is 0. The fourth-order valence-electron chi connectivity index (χ4n) is 1.57. The Morgan fingerprint density at radius 1 is 1.29 bits per heavy atom. The highest BCUT2D eigenvalue weighted by molar-refractivity contribution is 5.90. The maximum Gasteiger partial charge on any atom is 0.135 e. The topological polar surface area (TPSA) is 13.1 Å². The lowest BCUT2D eigenvalue weighted by Crippen LogP contribution is -1.71. The van der Waals surface area contributed by atoms with Crippen LogP contribution in [0.2, 0.25) is 0 Å². The van der Waals surface area contributed by atoms with E-state index in [9.17, 15) is 0 Å². The van der Waals surface area contributed by atoms with Crippen molar-refractivity contribution in [1.82, 2.24) is 0 Å². The molecule has 1 nitrogen and oxygen atoms in total. The predicted molar refractivity (Wildman–Crippen MR) is 61.0 cm³/mol. The second-order valence-electron chi connectivity index (χ2n) is 3.08. The molecule has 0 fully saturated rings. The van der Waals surface area contributed by atoms with Crippen LogP contribution in [0.4, 0.5) is 0 Å². The van der Waals surface area contributed by atoms with E-state index in [0.29, 0.717) is 0 Å². The number of furan rings is 1. The van der Waals surface area contributed by atoms with Crippen LogP contribution in [0.15, 0.2) is 41.3 Å². The lowest BCUT2D eigenvalue weighted by atomic mass is 10.1. The quantitative estimate of drug-likeness (QED) is 0.684. The highest BCUT2D eigenvalue weighted by atomic mass is 16.3. The average Bonchev–Trinajstić information content (AvgIpc) is 2.58. The molecule has 1 aromatic carbocycles. The summed E-state index contributed by atoms with van der Waals surface area (Å²) in [5.41, 5.74) is 2.02. The van der Waals surface area contributed by atoms with Gasteiger partial charge in [-0.05, 0) is 19.1 Å². The first-order valence-corrected chi connectivity index (χ1v) is 4.63. The molecule has 2 aromatic rings. The number of hydrogen-bond acceptors (Lipinski definition) is 1. The van der Waals surface area contributed by atoms with Crippen LogP contribution in [0.3, 0.4) is 0 Å². The number of benzene rings is 1. The fraction of sp³-hybridized carbons (Fsp3) is 0.0769. The van der Waals surface area contributed by atoms with E-state index in [1.807, 2.05) is 37.3 Å². The molecule has 0 atom stereocenters. The Morgan fingerprint density at radius 2 is 2.07 bits per heavy atom. The van der Waals surface area contributed by atoms with Gasteiger partial charge in [0.1, 0.15) is 11.3 Å². The molecule has 1 heteroatoms. The van der Waals surface area contributed by atoms with Gasteiger partial charge in [-0.15, -0.1) is 0 Å². The molecule has 0 saturated carbocycles. The minimum absolute atomic E-state index is 0.837. The van der Waals surface area contributed by atoms with Gasteiger partial charge in [-0.2, -0.15) is 0 Å². The highest BCUT2D eigenvalue weighted by Crippen LogP contribution is 2.27. The zero-order valence-electron chi connectivity index (χ0n) is 8.16. The minimum atomic E-state index is 0.837. The molecule has 14 heavy (non-hydrogen) atoms. The van der Waals surface area contributed by atoms with Gasteiger partial charge in [0.05, 0.1) is 0 Å². The van der Waals surface area contributed by atoms with Gasteiger partial charge >= 0.3 is 0 Å². The monoisotopic (exact) mass is 184 g/mol. The van der Waals surface area contributed by atoms with Gasteiger partial charge in [-0.1, -0.05) is 36.9 Å². The molecule has 0 aliphatic rings. The first kappa shape index (κ1) is 8.82. The summed E-state index contributed by atoms with van der Waals surface area (Å²) in [6.07, 6.45) is 5.79. The van der Waals surface area contributed by atoms with E-state index >= 15 is 0 Å². The number of fused-ring (bicyclic) bond motifs is 1. The second-order valence-corrected chi connectivity index (χ2v) is 3.08. The Balaban J connectivity index is 2.80. The summed E-state index contributed by atoms with van der Waals surface area (Å²) < 4.78 is 5.63. The fourth-order valence-corrected chi connectivity index (χ4v) is 1.57. The van der Waals surface area contributed by atoms with Gasteiger partial charge < -0.3 is 4.42 Å². The van der Waals surface area contributed by atoms with Crippen molar-refractivity contribution in [3.05, 3.63) is 48.2 Å². The molecule has 0 bridgehead atoms. The molecule has 0 N–H and O–H groups in total. The lowest BCUT2D eigenvalue weighted by Gasteiger charge is -1.89. The van der Waals surface area contributed by atoms with Gasteiger partial charge in [-0.25, -0.2) is 0 Å². The summed E-state index contributed by atoms with van der Waals surface area (Å²) in [5.74, 6) is 0.837. The van der Waals surface area contributed by atoms with Crippen LogP contribution in [0.1, 0.15) is 18.2 Å². The molecule has 2 rings (SSSR count). The maximum absolute atomic E-state index is 5.63. The smallest absolute Gasteiger partial charge is 0.135 e. The van der Waals surface area contributed by atoms with E-state index in [4.69, 9.17) is 4.42 Å².